The zero-order valence-electron chi connectivity index (χ0n) is 16.0. The highest BCUT2D eigenvalue weighted by Gasteiger charge is 2.34. The van der Waals surface area contributed by atoms with E-state index >= 15 is 0 Å². The van der Waals surface area contributed by atoms with Crippen molar-refractivity contribution < 1.29 is 38.3 Å². The number of hydrogen-bond acceptors (Lipinski definition) is 9. The van der Waals surface area contributed by atoms with E-state index in [1.165, 1.54) is 0 Å². The lowest BCUT2D eigenvalue weighted by Crippen LogP contribution is -2.50. The number of nitrogens with zero attached hydrogens (tertiary/aromatic N) is 3. The fraction of sp³-hybridized carbons (Fsp3) is 0.500. The number of aliphatic carboxylic acids is 2. The maximum atomic E-state index is 11.9. The second kappa shape index (κ2) is 9.98. The summed E-state index contributed by atoms with van der Waals surface area (Å²) in [6.45, 7) is 3.29. The molecule has 2 aliphatic rings. The number of rotatable bonds is 6. The van der Waals surface area contributed by atoms with Crippen molar-refractivity contribution in [3.05, 3.63) is 24.3 Å². The number of nitrogens with one attached hydrogen (secondary N) is 1. The molecule has 4 heterocycles. The zero-order chi connectivity index (χ0) is 21.5. The van der Waals surface area contributed by atoms with E-state index in [-0.39, 0.29) is 17.9 Å². The first-order chi connectivity index (χ1) is 14.4. The van der Waals surface area contributed by atoms with Gasteiger partial charge in [0, 0.05) is 26.2 Å². The third kappa shape index (κ3) is 5.87. The minimum Gasteiger partial charge on any atom is -0.473 e. The Morgan fingerprint density at radius 2 is 2.00 bits per heavy atom. The van der Waals surface area contributed by atoms with Crippen LogP contribution in [0.1, 0.15) is 24.7 Å². The Morgan fingerprint density at radius 1 is 1.23 bits per heavy atom. The monoisotopic (exact) mass is 422 g/mol. The number of carbonyl (C=O) groups is 3. The minimum absolute atomic E-state index is 0.0331. The first kappa shape index (κ1) is 21.5. The fourth-order valence-electron chi connectivity index (χ4n) is 3.05. The number of hydrogen-bond donors (Lipinski definition) is 3. The summed E-state index contributed by atoms with van der Waals surface area (Å²) in [7, 11) is 0. The predicted molar refractivity (Wildman–Crippen MR) is 98.4 cm³/mol. The summed E-state index contributed by atoms with van der Waals surface area (Å²) < 4.78 is 16.0. The highest BCUT2D eigenvalue weighted by molar-refractivity contribution is 6.27. The quantitative estimate of drug-likeness (QED) is 0.543. The molecule has 2 aromatic rings. The summed E-state index contributed by atoms with van der Waals surface area (Å²) in [4.78, 5) is 36.6. The molecule has 0 aliphatic carbocycles. The Bertz CT molecular complexity index is 841. The van der Waals surface area contributed by atoms with Crippen LogP contribution in [-0.4, -0.2) is 82.0 Å². The summed E-state index contributed by atoms with van der Waals surface area (Å²) in [5.41, 5.74) is 0. The van der Waals surface area contributed by atoms with Crippen LogP contribution in [0.15, 0.2) is 27.3 Å². The number of furan rings is 1. The third-order valence-corrected chi connectivity index (χ3v) is 4.59. The topological polar surface area (TPSA) is 168 Å². The highest BCUT2D eigenvalue weighted by atomic mass is 16.5. The molecule has 0 saturated carbocycles. The van der Waals surface area contributed by atoms with Crippen molar-refractivity contribution >= 4 is 17.8 Å². The average Bonchev–Trinajstić information content (AvgIpc) is 3.45. The molecule has 2 fully saturated rings. The summed E-state index contributed by atoms with van der Waals surface area (Å²) in [6.07, 6.45) is 3.86. The van der Waals surface area contributed by atoms with E-state index in [1.54, 1.807) is 18.4 Å². The molecule has 0 radical (unpaired) electrons. The number of likely N-dealkylation sites (tertiary alicyclic amines) is 1. The van der Waals surface area contributed by atoms with Gasteiger partial charge in [-0.05, 0) is 25.0 Å². The van der Waals surface area contributed by atoms with E-state index in [1.807, 2.05) is 0 Å². The largest absolute Gasteiger partial charge is 0.473 e. The molecular weight excluding hydrogens is 400 g/mol. The van der Waals surface area contributed by atoms with Gasteiger partial charge in [-0.1, -0.05) is 5.16 Å². The molecular formula is C18H22N4O8. The Morgan fingerprint density at radius 3 is 2.60 bits per heavy atom. The summed E-state index contributed by atoms with van der Waals surface area (Å²) in [5.74, 6) is -1.79. The Labute approximate surface area is 170 Å². The fourth-order valence-corrected chi connectivity index (χ4v) is 3.05. The van der Waals surface area contributed by atoms with Gasteiger partial charge >= 0.3 is 11.9 Å². The molecule has 1 unspecified atom stereocenters. The lowest BCUT2D eigenvalue weighted by atomic mass is 10.0. The summed E-state index contributed by atoms with van der Waals surface area (Å²) >= 11 is 0. The van der Waals surface area contributed by atoms with Crippen LogP contribution < -0.4 is 5.32 Å². The smallest absolute Gasteiger partial charge is 0.414 e. The number of aromatic nitrogens is 2. The van der Waals surface area contributed by atoms with Crippen LogP contribution in [0.4, 0.5) is 0 Å². The molecule has 2 aliphatic heterocycles. The van der Waals surface area contributed by atoms with Crippen molar-refractivity contribution in [1.82, 2.24) is 20.4 Å². The second-order valence-electron chi connectivity index (χ2n) is 6.87. The SMILES string of the molecule is O=C(CN1CC(c2nc(-c3ccco3)no2)C1)NCC1CCCO1.O=C(O)C(=O)O. The van der Waals surface area contributed by atoms with Crippen LogP contribution in [0, 0.1) is 0 Å². The lowest BCUT2D eigenvalue weighted by molar-refractivity contribution is -0.159. The molecule has 1 atom stereocenters. The van der Waals surface area contributed by atoms with Gasteiger partial charge in [0.25, 0.3) is 0 Å². The van der Waals surface area contributed by atoms with E-state index in [0.29, 0.717) is 30.6 Å². The van der Waals surface area contributed by atoms with Gasteiger partial charge in [-0.25, -0.2) is 9.59 Å². The van der Waals surface area contributed by atoms with Gasteiger partial charge < -0.3 is 29.2 Å². The number of carboxylic acid groups (broad SMARTS) is 2. The molecule has 3 N–H and O–H groups in total. The van der Waals surface area contributed by atoms with E-state index in [0.717, 1.165) is 32.5 Å². The van der Waals surface area contributed by atoms with Crippen molar-refractivity contribution in [3.63, 3.8) is 0 Å². The lowest BCUT2D eigenvalue weighted by Gasteiger charge is -2.36. The third-order valence-electron chi connectivity index (χ3n) is 4.59. The number of ether oxygens (including phenoxy) is 1. The minimum atomic E-state index is -1.82. The van der Waals surface area contributed by atoms with Crippen LogP contribution in [0.25, 0.3) is 11.6 Å². The summed E-state index contributed by atoms with van der Waals surface area (Å²) in [6, 6.07) is 3.58. The van der Waals surface area contributed by atoms with Crippen LogP contribution in [0.3, 0.4) is 0 Å². The van der Waals surface area contributed by atoms with Crippen molar-refractivity contribution in [1.29, 1.82) is 0 Å². The predicted octanol–water partition coefficient (Wildman–Crippen LogP) is 0.180. The van der Waals surface area contributed by atoms with Gasteiger partial charge in [-0.15, -0.1) is 0 Å². The molecule has 4 rings (SSSR count). The van der Waals surface area contributed by atoms with E-state index < -0.39 is 11.9 Å². The van der Waals surface area contributed by atoms with Crippen LogP contribution >= 0.6 is 0 Å². The van der Waals surface area contributed by atoms with Crippen LogP contribution in [-0.2, 0) is 19.1 Å². The standard InChI is InChI=1S/C16H20N4O4.C2H2O4/c21-14(17-7-12-3-1-5-22-12)10-20-8-11(9-20)16-18-15(19-24-16)13-4-2-6-23-13;3-1(4)2(5)6/h2,4,6,11-12H,1,3,5,7-10H2,(H,17,21);(H,3,4)(H,5,6). The van der Waals surface area contributed by atoms with E-state index in [2.05, 4.69) is 20.4 Å². The zero-order valence-corrected chi connectivity index (χ0v) is 16.0. The average molecular weight is 422 g/mol. The molecule has 12 heteroatoms. The van der Waals surface area contributed by atoms with Crippen molar-refractivity contribution in [2.45, 2.75) is 24.9 Å². The summed E-state index contributed by atoms with van der Waals surface area (Å²) in [5, 5.41) is 21.6. The molecule has 2 saturated heterocycles. The highest BCUT2D eigenvalue weighted by Crippen LogP contribution is 2.27. The molecule has 0 spiro atoms. The van der Waals surface area contributed by atoms with Gasteiger partial charge in [0.05, 0.1) is 24.8 Å². The van der Waals surface area contributed by atoms with Gasteiger partial charge in [0.2, 0.25) is 17.6 Å². The van der Waals surface area contributed by atoms with Crippen molar-refractivity contribution in [2.75, 3.05) is 32.8 Å². The van der Waals surface area contributed by atoms with E-state index in [4.69, 9.17) is 33.5 Å². The van der Waals surface area contributed by atoms with Crippen molar-refractivity contribution in [2.24, 2.45) is 0 Å². The maximum absolute atomic E-state index is 11.9. The molecule has 1 amide bonds. The molecule has 30 heavy (non-hydrogen) atoms. The molecule has 0 bridgehead atoms. The van der Waals surface area contributed by atoms with Gasteiger partial charge in [0.1, 0.15) is 0 Å². The van der Waals surface area contributed by atoms with Crippen molar-refractivity contribution in [3.8, 4) is 11.6 Å². The van der Waals surface area contributed by atoms with Gasteiger partial charge in [-0.2, -0.15) is 4.98 Å². The maximum Gasteiger partial charge on any atom is 0.414 e. The Kier molecular flexibility index (Phi) is 7.14. The van der Waals surface area contributed by atoms with E-state index in [9.17, 15) is 4.79 Å². The van der Waals surface area contributed by atoms with Gasteiger partial charge in [-0.3, -0.25) is 9.69 Å². The first-order valence-electron chi connectivity index (χ1n) is 9.36. The van der Waals surface area contributed by atoms with Gasteiger partial charge in [0.15, 0.2) is 5.76 Å². The number of carbonyl (C=O) groups excluding carboxylic acids is 1. The first-order valence-corrected chi connectivity index (χ1v) is 9.36. The molecule has 2 aromatic heterocycles. The molecule has 0 aromatic carbocycles. The number of carboxylic acids is 2. The second-order valence-corrected chi connectivity index (χ2v) is 6.87. The Balaban J connectivity index is 0.000000377. The molecule has 12 nitrogen and oxygen atoms in total. The number of amides is 1. The van der Waals surface area contributed by atoms with Crippen LogP contribution in [0.2, 0.25) is 0 Å². The molecule has 162 valence electrons. The van der Waals surface area contributed by atoms with Crippen LogP contribution in [0.5, 0.6) is 0 Å². The normalized spacial score (nSPS) is 18.9. The Hall–Kier alpha value is -3.25.